The summed E-state index contributed by atoms with van der Waals surface area (Å²) in [4.78, 5) is 12.4. The van der Waals surface area contributed by atoms with E-state index in [0.717, 1.165) is 15.7 Å². The zero-order chi connectivity index (χ0) is 19.4. The fourth-order valence-corrected chi connectivity index (χ4v) is 4.67. The van der Waals surface area contributed by atoms with Gasteiger partial charge < -0.3 is 10.6 Å². The fraction of sp³-hybridized carbons (Fsp3) is 0.167. The van der Waals surface area contributed by atoms with Gasteiger partial charge in [-0.05, 0) is 65.7 Å². The molecule has 1 heterocycles. The second kappa shape index (κ2) is 8.81. The third-order valence-electron chi connectivity index (χ3n) is 3.51. The number of halogens is 2. The lowest BCUT2D eigenvalue weighted by atomic mass is 10.2. The number of nitrogens with zero attached hydrogens (tertiary/aromatic N) is 2. The first-order chi connectivity index (χ1) is 12.9. The molecule has 1 atom stereocenters. The molecule has 0 radical (unpaired) electrons. The summed E-state index contributed by atoms with van der Waals surface area (Å²) in [7, 11) is 0. The molecule has 0 fully saturated rings. The quantitative estimate of drug-likeness (QED) is 0.462. The topological polar surface area (TPSA) is 66.9 Å². The monoisotopic (exact) mass is 466 g/mol. The second-order valence-electron chi connectivity index (χ2n) is 5.74. The lowest BCUT2D eigenvalue weighted by Gasteiger charge is -2.12. The van der Waals surface area contributed by atoms with Crippen molar-refractivity contribution in [2.24, 2.45) is 0 Å². The van der Waals surface area contributed by atoms with Gasteiger partial charge in [0.2, 0.25) is 11.0 Å². The van der Waals surface area contributed by atoms with E-state index in [9.17, 15) is 9.18 Å². The Balaban J connectivity index is 1.59. The molecule has 0 saturated heterocycles. The maximum Gasteiger partial charge on any atom is 0.237 e. The summed E-state index contributed by atoms with van der Waals surface area (Å²) < 4.78 is 14.7. The Kier molecular flexibility index (Phi) is 6.46. The molecule has 3 aromatic rings. The van der Waals surface area contributed by atoms with Crippen molar-refractivity contribution < 1.29 is 9.18 Å². The number of hydrogen-bond donors (Lipinski definition) is 2. The molecule has 1 unspecified atom stereocenters. The zero-order valence-electron chi connectivity index (χ0n) is 14.5. The van der Waals surface area contributed by atoms with Gasteiger partial charge in [-0.2, -0.15) is 0 Å². The van der Waals surface area contributed by atoms with Crippen LogP contribution in [0, 0.1) is 12.7 Å². The molecule has 0 spiro atoms. The number of amides is 1. The van der Waals surface area contributed by atoms with Crippen molar-refractivity contribution in [1.29, 1.82) is 0 Å². The third kappa shape index (κ3) is 5.50. The molecule has 1 amide bonds. The van der Waals surface area contributed by atoms with E-state index >= 15 is 0 Å². The average Bonchev–Trinajstić information content (AvgIpc) is 3.04. The van der Waals surface area contributed by atoms with Gasteiger partial charge >= 0.3 is 0 Å². The van der Waals surface area contributed by atoms with Crippen LogP contribution in [0.4, 0.5) is 20.9 Å². The standard InChI is InChI=1S/C18H16BrFN4OS2/c1-10-6-7-15(14(19)8-10)22-16(25)11(2)26-18-24-23-17(27-18)21-13-5-3-4-12(20)9-13/h3-9,11H,1-2H3,(H,21,23)(H,22,25). The summed E-state index contributed by atoms with van der Waals surface area (Å²) in [5.41, 5.74) is 2.43. The number of carbonyl (C=O) groups is 1. The van der Waals surface area contributed by atoms with Crippen LogP contribution in [0.1, 0.15) is 12.5 Å². The molecule has 0 aliphatic rings. The molecular weight excluding hydrogens is 451 g/mol. The summed E-state index contributed by atoms with van der Waals surface area (Å²) in [5.74, 6) is -0.453. The minimum absolute atomic E-state index is 0.126. The van der Waals surface area contributed by atoms with E-state index in [4.69, 9.17) is 0 Å². The Labute approximate surface area is 172 Å². The van der Waals surface area contributed by atoms with Crippen LogP contribution in [-0.2, 0) is 4.79 Å². The Morgan fingerprint density at radius 2 is 2.07 bits per heavy atom. The highest BCUT2D eigenvalue weighted by Crippen LogP contribution is 2.31. The van der Waals surface area contributed by atoms with Crippen molar-refractivity contribution in [3.05, 3.63) is 58.3 Å². The highest BCUT2D eigenvalue weighted by Gasteiger charge is 2.18. The van der Waals surface area contributed by atoms with E-state index in [1.807, 2.05) is 32.0 Å². The van der Waals surface area contributed by atoms with Crippen LogP contribution in [0.5, 0.6) is 0 Å². The van der Waals surface area contributed by atoms with Gasteiger partial charge in [-0.3, -0.25) is 4.79 Å². The summed E-state index contributed by atoms with van der Waals surface area (Å²) in [5, 5.41) is 14.2. The van der Waals surface area contributed by atoms with E-state index in [1.54, 1.807) is 12.1 Å². The largest absolute Gasteiger partial charge is 0.330 e. The normalized spacial score (nSPS) is 11.9. The van der Waals surface area contributed by atoms with E-state index in [2.05, 4.69) is 36.8 Å². The number of carbonyl (C=O) groups excluding carboxylic acids is 1. The predicted octanol–water partition coefficient (Wildman–Crippen LogP) is 5.61. The number of nitrogens with one attached hydrogen (secondary N) is 2. The van der Waals surface area contributed by atoms with Crippen LogP contribution in [0.2, 0.25) is 0 Å². The molecule has 3 rings (SSSR count). The Morgan fingerprint density at radius 1 is 1.26 bits per heavy atom. The first-order valence-electron chi connectivity index (χ1n) is 8.00. The van der Waals surface area contributed by atoms with Crippen molar-refractivity contribution in [2.45, 2.75) is 23.4 Å². The molecule has 0 bridgehead atoms. The number of hydrogen-bond acceptors (Lipinski definition) is 6. The van der Waals surface area contributed by atoms with Gasteiger partial charge in [-0.25, -0.2) is 4.39 Å². The smallest absolute Gasteiger partial charge is 0.237 e. The van der Waals surface area contributed by atoms with Crippen LogP contribution in [0.3, 0.4) is 0 Å². The van der Waals surface area contributed by atoms with E-state index in [1.165, 1.54) is 35.2 Å². The van der Waals surface area contributed by atoms with Crippen LogP contribution in [0.25, 0.3) is 0 Å². The summed E-state index contributed by atoms with van der Waals surface area (Å²) in [6, 6.07) is 11.9. The van der Waals surface area contributed by atoms with E-state index in [0.29, 0.717) is 15.2 Å². The maximum absolute atomic E-state index is 13.2. The molecule has 0 saturated carbocycles. The van der Waals surface area contributed by atoms with Gasteiger partial charge in [-0.15, -0.1) is 10.2 Å². The van der Waals surface area contributed by atoms with Crippen molar-refractivity contribution in [3.63, 3.8) is 0 Å². The SMILES string of the molecule is Cc1ccc(NC(=O)C(C)Sc2nnc(Nc3cccc(F)c3)s2)c(Br)c1. The average molecular weight is 467 g/mol. The first-order valence-corrected chi connectivity index (χ1v) is 10.5. The zero-order valence-corrected chi connectivity index (χ0v) is 17.7. The molecule has 9 heteroatoms. The number of rotatable bonds is 6. The van der Waals surface area contributed by atoms with E-state index < -0.39 is 0 Å². The van der Waals surface area contributed by atoms with Gasteiger partial charge in [0.25, 0.3) is 0 Å². The van der Waals surface area contributed by atoms with Crippen LogP contribution >= 0.6 is 39.0 Å². The van der Waals surface area contributed by atoms with Crippen LogP contribution in [0.15, 0.2) is 51.3 Å². The number of thioether (sulfide) groups is 1. The third-order valence-corrected chi connectivity index (χ3v) is 6.19. The second-order valence-corrected chi connectivity index (χ2v) is 9.16. The predicted molar refractivity (Wildman–Crippen MR) is 112 cm³/mol. The molecule has 2 N–H and O–H groups in total. The number of aryl methyl sites for hydroxylation is 1. The number of benzene rings is 2. The van der Waals surface area contributed by atoms with Gasteiger partial charge in [-0.1, -0.05) is 35.2 Å². The highest BCUT2D eigenvalue weighted by molar-refractivity contribution is 9.10. The van der Waals surface area contributed by atoms with Gasteiger partial charge in [0.05, 0.1) is 10.9 Å². The van der Waals surface area contributed by atoms with Gasteiger partial charge in [0, 0.05) is 10.2 Å². The Bertz CT molecular complexity index is 966. The fourth-order valence-electron chi connectivity index (χ4n) is 2.16. The van der Waals surface area contributed by atoms with Crippen LogP contribution in [-0.4, -0.2) is 21.4 Å². The van der Waals surface area contributed by atoms with Crippen molar-refractivity contribution in [2.75, 3.05) is 10.6 Å². The van der Waals surface area contributed by atoms with Crippen molar-refractivity contribution >= 4 is 61.4 Å². The number of anilines is 3. The lowest BCUT2D eigenvalue weighted by molar-refractivity contribution is -0.115. The molecule has 0 aliphatic heterocycles. The lowest BCUT2D eigenvalue weighted by Crippen LogP contribution is -2.22. The molecule has 2 aromatic carbocycles. The molecule has 27 heavy (non-hydrogen) atoms. The molecule has 0 aliphatic carbocycles. The van der Waals surface area contributed by atoms with Gasteiger partial charge in [0.1, 0.15) is 5.82 Å². The van der Waals surface area contributed by atoms with E-state index in [-0.39, 0.29) is 17.0 Å². The summed E-state index contributed by atoms with van der Waals surface area (Å²) >= 11 is 6.08. The number of aromatic nitrogens is 2. The van der Waals surface area contributed by atoms with Crippen molar-refractivity contribution in [3.8, 4) is 0 Å². The minimum Gasteiger partial charge on any atom is -0.330 e. The summed E-state index contributed by atoms with van der Waals surface area (Å²) in [6.45, 7) is 3.79. The first kappa shape index (κ1) is 19.8. The molecule has 1 aromatic heterocycles. The maximum atomic E-state index is 13.2. The Morgan fingerprint density at radius 3 is 2.81 bits per heavy atom. The van der Waals surface area contributed by atoms with Crippen molar-refractivity contribution in [1.82, 2.24) is 10.2 Å². The van der Waals surface area contributed by atoms with Gasteiger partial charge in [0.15, 0.2) is 4.34 Å². The molecular formula is C18H16BrFN4OS2. The van der Waals surface area contributed by atoms with Crippen LogP contribution < -0.4 is 10.6 Å². The minimum atomic E-state index is -0.354. The Hall–Kier alpha value is -1.97. The molecule has 5 nitrogen and oxygen atoms in total. The summed E-state index contributed by atoms with van der Waals surface area (Å²) in [6.07, 6.45) is 0. The highest BCUT2D eigenvalue weighted by atomic mass is 79.9. The molecule has 140 valence electrons.